The highest BCUT2D eigenvalue weighted by Gasteiger charge is 2.06. The van der Waals surface area contributed by atoms with Crippen molar-refractivity contribution in [2.45, 2.75) is 45.4 Å². The van der Waals surface area contributed by atoms with E-state index in [-0.39, 0.29) is 0 Å². The van der Waals surface area contributed by atoms with Gasteiger partial charge in [-0.25, -0.2) is 4.79 Å². The maximum atomic E-state index is 11.7. The molecular formula is C22H25NO3. The van der Waals surface area contributed by atoms with Crippen LogP contribution in [-0.4, -0.2) is 12.8 Å². The van der Waals surface area contributed by atoms with E-state index in [9.17, 15) is 4.79 Å². The molecule has 0 fully saturated rings. The van der Waals surface area contributed by atoms with Crippen molar-refractivity contribution >= 4 is 6.16 Å². The largest absolute Gasteiger partial charge is 0.513 e. The third kappa shape index (κ3) is 6.60. The molecule has 0 aliphatic rings. The first-order chi connectivity index (χ1) is 12.7. The van der Waals surface area contributed by atoms with Gasteiger partial charge in [-0.3, -0.25) is 0 Å². The topological polar surface area (TPSA) is 59.3 Å². The quantitative estimate of drug-likeness (QED) is 0.311. The van der Waals surface area contributed by atoms with Gasteiger partial charge in [-0.05, 0) is 41.8 Å². The molecule has 0 saturated heterocycles. The molecule has 0 aliphatic heterocycles. The summed E-state index contributed by atoms with van der Waals surface area (Å²) >= 11 is 0. The average Bonchev–Trinajstić information content (AvgIpc) is 2.68. The lowest BCUT2D eigenvalue weighted by atomic mass is 10.0. The van der Waals surface area contributed by atoms with Gasteiger partial charge in [-0.15, -0.1) is 0 Å². The monoisotopic (exact) mass is 351 g/mol. The Morgan fingerprint density at radius 3 is 2.08 bits per heavy atom. The SMILES string of the molecule is CCCCCCCCOC(=O)Oc1ccc(-c2ccc(C#N)cc2)cc1. The van der Waals surface area contributed by atoms with Crippen molar-refractivity contribution in [3.05, 3.63) is 54.1 Å². The van der Waals surface area contributed by atoms with Gasteiger partial charge >= 0.3 is 6.16 Å². The summed E-state index contributed by atoms with van der Waals surface area (Å²) in [4.78, 5) is 11.7. The van der Waals surface area contributed by atoms with Crippen LogP contribution in [0.5, 0.6) is 5.75 Å². The predicted octanol–water partition coefficient (Wildman–Crippen LogP) is 6.10. The second-order valence-electron chi connectivity index (χ2n) is 6.18. The summed E-state index contributed by atoms with van der Waals surface area (Å²) in [5, 5.41) is 8.83. The van der Waals surface area contributed by atoms with Crippen LogP contribution in [-0.2, 0) is 4.74 Å². The van der Waals surface area contributed by atoms with Crippen molar-refractivity contribution in [2.75, 3.05) is 6.61 Å². The van der Waals surface area contributed by atoms with Crippen LogP contribution in [0.15, 0.2) is 48.5 Å². The van der Waals surface area contributed by atoms with Gasteiger partial charge in [0.05, 0.1) is 18.2 Å². The van der Waals surface area contributed by atoms with E-state index in [0.717, 1.165) is 24.0 Å². The minimum absolute atomic E-state index is 0.397. The maximum Gasteiger partial charge on any atom is 0.513 e. The van der Waals surface area contributed by atoms with Gasteiger partial charge in [0.15, 0.2) is 0 Å². The number of carbonyl (C=O) groups is 1. The fourth-order valence-corrected chi connectivity index (χ4v) is 2.62. The summed E-state index contributed by atoms with van der Waals surface area (Å²) < 4.78 is 10.3. The van der Waals surface area contributed by atoms with Crippen LogP contribution in [0.2, 0.25) is 0 Å². The number of hydrogen-bond acceptors (Lipinski definition) is 4. The Morgan fingerprint density at radius 1 is 0.885 bits per heavy atom. The molecule has 0 spiro atoms. The predicted molar refractivity (Wildman–Crippen MR) is 102 cm³/mol. The van der Waals surface area contributed by atoms with E-state index in [2.05, 4.69) is 13.0 Å². The van der Waals surface area contributed by atoms with E-state index in [1.165, 1.54) is 25.7 Å². The van der Waals surface area contributed by atoms with Crippen molar-refractivity contribution in [1.82, 2.24) is 0 Å². The Kier molecular flexibility index (Phi) is 8.21. The molecular weight excluding hydrogens is 326 g/mol. The minimum atomic E-state index is -0.662. The third-order valence-corrected chi connectivity index (χ3v) is 4.12. The van der Waals surface area contributed by atoms with Crippen LogP contribution in [0.1, 0.15) is 51.0 Å². The molecule has 4 heteroatoms. The van der Waals surface area contributed by atoms with Crippen molar-refractivity contribution in [3.8, 4) is 22.9 Å². The first-order valence-electron chi connectivity index (χ1n) is 9.18. The molecule has 0 radical (unpaired) electrons. The van der Waals surface area contributed by atoms with Gasteiger partial charge in [0.1, 0.15) is 5.75 Å². The average molecular weight is 351 g/mol. The molecule has 2 rings (SSSR count). The lowest BCUT2D eigenvalue weighted by Crippen LogP contribution is -2.11. The Bertz CT molecular complexity index is 715. The number of hydrogen-bond donors (Lipinski definition) is 0. The standard InChI is InChI=1S/C22H25NO3/c1-2-3-4-5-6-7-16-25-22(24)26-21-14-12-20(13-15-21)19-10-8-18(17-23)9-11-19/h8-15H,2-7,16H2,1H3. The van der Waals surface area contributed by atoms with E-state index in [0.29, 0.717) is 17.9 Å². The lowest BCUT2D eigenvalue weighted by Gasteiger charge is -2.07. The number of nitrogens with zero attached hydrogens (tertiary/aromatic N) is 1. The Labute approximate surface area is 155 Å². The molecule has 4 nitrogen and oxygen atoms in total. The van der Waals surface area contributed by atoms with Gasteiger partial charge in [0.2, 0.25) is 0 Å². The molecule has 0 unspecified atom stereocenters. The van der Waals surface area contributed by atoms with Crippen molar-refractivity contribution < 1.29 is 14.3 Å². The van der Waals surface area contributed by atoms with E-state index >= 15 is 0 Å². The molecule has 0 bridgehead atoms. The van der Waals surface area contributed by atoms with Crippen LogP contribution in [0.3, 0.4) is 0 Å². The second kappa shape index (κ2) is 10.9. The summed E-state index contributed by atoms with van der Waals surface area (Å²) in [6.45, 7) is 2.59. The number of rotatable bonds is 9. The fraction of sp³-hybridized carbons (Fsp3) is 0.364. The van der Waals surface area contributed by atoms with Crippen LogP contribution in [0, 0.1) is 11.3 Å². The van der Waals surface area contributed by atoms with E-state index < -0.39 is 6.16 Å². The highest BCUT2D eigenvalue weighted by Crippen LogP contribution is 2.23. The van der Waals surface area contributed by atoms with Crippen LogP contribution in [0.25, 0.3) is 11.1 Å². The zero-order valence-electron chi connectivity index (χ0n) is 15.2. The van der Waals surface area contributed by atoms with E-state index in [1.54, 1.807) is 24.3 Å². The summed E-state index contributed by atoms with van der Waals surface area (Å²) in [7, 11) is 0. The van der Waals surface area contributed by atoms with Crippen molar-refractivity contribution in [3.63, 3.8) is 0 Å². The number of nitriles is 1. The number of unbranched alkanes of at least 4 members (excludes halogenated alkanes) is 5. The van der Waals surface area contributed by atoms with Gasteiger partial charge < -0.3 is 9.47 Å². The van der Waals surface area contributed by atoms with Gasteiger partial charge in [0, 0.05) is 0 Å². The van der Waals surface area contributed by atoms with Crippen molar-refractivity contribution in [1.29, 1.82) is 5.26 Å². The molecule has 0 heterocycles. The smallest absolute Gasteiger partial charge is 0.434 e. The summed E-state index contributed by atoms with van der Waals surface area (Å²) in [5.74, 6) is 0.454. The van der Waals surface area contributed by atoms with E-state index in [4.69, 9.17) is 14.7 Å². The molecule has 2 aromatic rings. The fourth-order valence-electron chi connectivity index (χ4n) is 2.62. The molecule has 0 atom stereocenters. The Morgan fingerprint density at radius 2 is 1.46 bits per heavy atom. The Balaban J connectivity index is 1.74. The molecule has 0 saturated carbocycles. The third-order valence-electron chi connectivity index (χ3n) is 4.12. The molecule has 0 aromatic heterocycles. The van der Waals surface area contributed by atoms with Crippen LogP contribution >= 0.6 is 0 Å². The number of ether oxygens (including phenoxy) is 2. The van der Waals surface area contributed by atoms with Crippen molar-refractivity contribution in [2.24, 2.45) is 0 Å². The molecule has 0 N–H and O–H groups in total. The first-order valence-corrected chi connectivity index (χ1v) is 9.18. The van der Waals surface area contributed by atoms with Gasteiger partial charge in [-0.1, -0.05) is 63.3 Å². The number of benzene rings is 2. The summed E-state index contributed by atoms with van der Waals surface area (Å²) in [5.41, 5.74) is 2.62. The Hall–Kier alpha value is -2.80. The van der Waals surface area contributed by atoms with E-state index in [1.807, 2.05) is 24.3 Å². The van der Waals surface area contributed by atoms with Gasteiger partial charge in [0.25, 0.3) is 0 Å². The zero-order chi connectivity index (χ0) is 18.6. The summed E-state index contributed by atoms with van der Waals surface area (Å²) in [6, 6.07) is 16.7. The molecule has 0 amide bonds. The molecule has 2 aromatic carbocycles. The molecule has 136 valence electrons. The lowest BCUT2D eigenvalue weighted by molar-refractivity contribution is 0.0973. The highest BCUT2D eigenvalue weighted by molar-refractivity contribution is 5.67. The minimum Gasteiger partial charge on any atom is -0.434 e. The molecule has 26 heavy (non-hydrogen) atoms. The maximum absolute atomic E-state index is 11.7. The number of carbonyl (C=O) groups excluding carboxylic acids is 1. The van der Waals surface area contributed by atoms with Crippen LogP contribution in [0.4, 0.5) is 4.79 Å². The normalized spacial score (nSPS) is 10.2. The summed E-state index contributed by atoms with van der Waals surface area (Å²) in [6.07, 6.45) is 6.21. The van der Waals surface area contributed by atoms with Crippen LogP contribution < -0.4 is 4.74 Å². The zero-order valence-corrected chi connectivity index (χ0v) is 15.2. The first kappa shape index (κ1) is 19.5. The second-order valence-corrected chi connectivity index (χ2v) is 6.18. The van der Waals surface area contributed by atoms with Gasteiger partial charge in [-0.2, -0.15) is 5.26 Å². The molecule has 0 aliphatic carbocycles. The highest BCUT2D eigenvalue weighted by atomic mass is 16.7.